The van der Waals surface area contributed by atoms with Gasteiger partial charge in [-0.05, 0) is 70.6 Å². The van der Waals surface area contributed by atoms with E-state index in [0.29, 0.717) is 54.2 Å². The SMILES string of the molecule is COC(=O)[C@H](NCCNC(=O)OC(C)(C)C)[C@H]1CC[C@H](Oc2cc3c(Nc4cccc(Cl)c4F)ncnc3cc2OC)CC1. The molecule has 44 heavy (non-hydrogen) atoms. The number of fused-ring (bicyclic) bond motifs is 1. The maximum absolute atomic E-state index is 14.6. The number of hydrogen-bond donors (Lipinski definition) is 3. The van der Waals surface area contributed by atoms with Gasteiger partial charge in [0.2, 0.25) is 0 Å². The number of anilines is 2. The molecule has 1 saturated carbocycles. The number of ether oxygens (including phenoxy) is 4. The molecule has 1 aromatic heterocycles. The van der Waals surface area contributed by atoms with Crippen molar-refractivity contribution in [2.45, 2.75) is 64.2 Å². The van der Waals surface area contributed by atoms with E-state index in [1.165, 1.54) is 19.5 Å². The second-order valence-electron chi connectivity index (χ2n) is 11.5. The van der Waals surface area contributed by atoms with Gasteiger partial charge in [-0.3, -0.25) is 4.79 Å². The third-order valence-corrected chi connectivity index (χ3v) is 7.51. The van der Waals surface area contributed by atoms with E-state index < -0.39 is 23.6 Å². The van der Waals surface area contributed by atoms with Crippen molar-refractivity contribution in [1.82, 2.24) is 20.6 Å². The second-order valence-corrected chi connectivity index (χ2v) is 11.9. The second kappa shape index (κ2) is 14.7. The summed E-state index contributed by atoms with van der Waals surface area (Å²) in [7, 11) is 2.92. The molecule has 0 aliphatic heterocycles. The highest BCUT2D eigenvalue weighted by Crippen LogP contribution is 2.38. The van der Waals surface area contributed by atoms with Gasteiger partial charge in [-0.2, -0.15) is 0 Å². The van der Waals surface area contributed by atoms with Gasteiger partial charge in [0.25, 0.3) is 0 Å². The number of carbonyl (C=O) groups is 2. The summed E-state index contributed by atoms with van der Waals surface area (Å²) in [5, 5.41) is 9.54. The Bertz CT molecular complexity index is 1460. The highest BCUT2D eigenvalue weighted by molar-refractivity contribution is 6.31. The summed E-state index contributed by atoms with van der Waals surface area (Å²) in [6, 6.07) is 7.70. The Kier molecular flexibility index (Phi) is 11.0. The molecule has 2 aromatic carbocycles. The molecule has 3 aromatic rings. The van der Waals surface area contributed by atoms with Crippen LogP contribution in [0.4, 0.5) is 20.7 Å². The smallest absolute Gasteiger partial charge is 0.407 e. The monoisotopic (exact) mass is 631 g/mol. The zero-order valence-electron chi connectivity index (χ0n) is 25.5. The van der Waals surface area contributed by atoms with Crippen molar-refractivity contribution in [3.63, 3.8) is 0 Å². The number of benzene rings is 2. The van der Waals surface area contributed by atoms with Gasteiger partial charge in [0.1, 0.15) is 23.8 Å². The van der Waals surface area contributed by atoms with Crippen molar-refractivity contribution in [2.75, 3.05) is 32.6 Å². The predicted molar refractivity (Wildman–Crippen MR) is 165 cm³/mol. The number of nitrogens with zero attached hydrogens (tertiary/aromatic N) is 2. The Morgan fingerprint density at radius 3 is 2.50 bits per heavy atom. The first-order chi connectivity index (χ1) is 21.0. The number of methoxy groups -OCH3 is 2. The minimum atomic E-state index is -0.590. The zero-order valence-corrected chi connectivity index (χ0v) is 26.3. The summed E-state index contributed by atoms with van der Waals surface area (Å²) < 4.78 is 36.9. The van der Waals surface area contributed by atoms with Crippen LogP contribution < -0.4 is 25.4 Å². The van der Waals surface area contributed by atoms with Gasteiger partial charge >= 0.3 is 12.1 Å². The Morgan fingerprint density at radius 1 is 1.07 bits per heavy atom. The summed E-state index contributed by atoms with van der Waals surface area (Å²) >= 11 is 5.96. The number of halogens is 2. The quantitative estimate of drug-likeness (QED) is 0.177. The van der Waals surface area contributed by atoms with Gasteiger partial charge < -0.3 is 34.9 Å². The molecule has 13 heteroatoms. The minimum Gasteiger partial charge on any atom is -0.493 e. The number of hydrogen-bond acceptors (Lipinski definition) is 10. The van der Waals surface area contributed by atoms with E-state index in [-0.39, 0.29) is 28.7 Å². The van der Waals surface area contributed by atoms with Crippen molar-refractivity contribution >= 4 is 46.1 Å². The van der Waals surface area contributed by atoms with Crippen LogP contribution >= 0.6 is 11.6 Å². The molecule has 1 amide bonds. The minimum absolute atomic E-state index is 0.00300. The maximum Gasteiger partial charge on any atom is 0.407 e. The summed E-state index contributed by atoms with van der Waals surface area (Å²) in [6.45, 7) is 6.06. The first kappa shape index (κ1) is 33.0. The third kappa shape index (κ3) is 8.60. The molecule has 4 rings (SSSR count). The molecule has 11 nitrogen and oxygen atoms in total. The van der Waals surface area contributed by atoms with E-state index in [9.17, 15) is 14.0 Å². The standard InChI is InChI=1S/C31H39ClFN5O6/c1-31(2,3)44-30(40)35-14-13-34-27(29(39)42-5)18-9-11-19(12-10-18)43-25-15-20-23(16-24(25)41-4)36-17-37-28(20)38-22-8-6-7-21(32)26(22)33/h6-8,15-19,27,34H,9-14H2,1-5H3,(H,35,40)(H,36,37,38)/t18-,19-,27-/m1/s1. The van der Waals surface area contributed by atoms with E-state index in [2.05, 4.69) is 25.9 Å². The van der Waals surface area contributed by atoms with Crippen molar-refractivity contribution in [3.05, 3.63) is 47.5 Å². The van der Waals surface area contributed by atoms with Gasteiger partial charge in [0, 0.05) is 24.5 Å². The van der Waals surface area contributed by atoms with Gasteiger partial charge in [-0.15, -0.1) is 0 Å². The van der Waals surface area contributed by atoms with Crippen LogP contribution in [0.2, 0.25) is 5.02 Å². The topological polar surface area (TPSA) is 133 Å². The van der Waals surface area contributed by atoms with Crippen LogP contribution in [0.3, 0.4) is 0 Å². The molecule has 3 N–H and O–H groups in total. The van der Waals surface area contributed by atoms with E-state index in [4.69, 9.17) is 30.5 Å². The average Bonchev–Trinajstić information content (AvgIpc) is 2.98. The highest BCUT2D eigenvalue weighted by atomic mass is 35.5. The van der Waals surface area contributed by atoms with E-state index in [1.807, 2.05) is 0 Å². The molecular weight excluding hydrogens is 593 g/mol. The number of carbonyl (C=O) groups excluding carboxylic acids is 2. The molecule has 1 aliphatic carbocycles. The summed E-state index contributed by atoms with van der Waals surface area (Å²) in [4.78, 5) is 33.2. The van der Waals surface area contributed by atoms with Crippen LogP contribution in [0.15, 0.2) is 36.7 Å². The van der Waals surface area contributed by atoms with Crippen LogP contribution in [-0.4, -0.2) is 67.1 Å². The molecule has 0 bridgehead atoms. The molecule has 1 atom stereocenters. The third-order valence-electron chi connectivity index (χ3n) is 7.22. The Morgan fingerprint density at radius 2 is 1.82 bits per heavy atom. The first-order valence-electron chi connectivity index (χ1n) is 14.5. The number of amides is 1. The molecule has 1 aliphatic rings. The zero-order chi connectivity index (χ0) is 31.9. The van der Waals surface area contributed by atoms with Crippen molar-refractivity contribution < 1.29 is 32.9 Å². The van der Waals surface area contributed by atoms with Crippen LogP contribution in [0, 0.1) is 11.7 Å². The lowest BCUT2D eigenvalue weighted by Gasteiger charge is -2.33. The Labute approximate surface area is 261 Å². The molecule has 0 radical (unpaired) electrons. The molecule has 0 spiro atoms. The normalized spacial score (nSPS) is 17.4. The van der Waals surface area contributed by atoms with Gasteiger partial charge in [-0.1, -0.05) is 17.7 Å². The molecule has 1 heterocycles. The maximum atomic E-state index is 14.6. The lowest BCUT2D eigenvalue weighted by atomic mass is 9.82. The number of alkyl carbamates (subject to hydrolysis) is 1. The van der Waals surface area contributed by atoms with Crippen LogP contribution in [0.5, 0.6) is 11.5 Å². The number of rotatable bonds is 11. The highest BCUT2D eigenvalue weighted by Gasteiger charge is 2.33. The largest absolute Gasteiger partial charge is 0.493 e. The van der Waals surface area contributed by atoms with Crippen LogP contribution in [-0.2, 0) is 14.3 Å². The molecule has 0 saturated heterocycles. The number of nitrogens with one attached hydrogen (secondary N) is 3. The van der Waals surface area contributed by atoms with E-state index in [0.717, 1.165) is 12.8 Å². The van der Waals surface area contributed by atoms with Gasteiger partial charge in [0.15, 0.2) is 17.3 Å². The molecule has 238 valence electrons. The van der Waals surface area contributed by atoms with E-state index in [1.54, 1.807) is 52.1 Å². The Hall–Kier alpha value is -3.90. The lowest BCUT2D eigenvalue weighted by molar-refractivity contribution is -0.145. The fraction of sp³-hybridized carbons (Fsp3) is 0.484. The summed E-state index contributed by atoms with van der Waals surface area (Å²) in [5.74, 6) is 0.494. The van der Waals surface area contributed by atoms with E-state index >= 15 is 0 Å². The van der Waals surface area contributed by atoms with Crippen molar-refractivity contribution in [2.24, 2.45) is 5.92 Å². The molecule has 0 unspecified atom stereocenters. The van der Waals surface area contributed by atoms with Crippen LogP contribution in [0.1, 0.15) is 46.5 Å². The number of aromatic nitrogens is 2. The molecule has 1 fully saturated rings. The van der Waals surface area contributed by atoms with Gasteiger partial charge in [0.05, 0.1) is 36.6 Å². The lowest BCUT2D eigenvalue weighted by Crippen LogP contribution is -2.48. The number of esters is 1. The van der Waals surface area contributed by atoms with Crippen molar-refractivity contribution in [3.8, 4) is 11.5 Å². The predicted octanol–water partition coefficient (Wildman–Crippen LogP) is 5.77. The van der Waals surface area contributed by atoms with Crippen molar-refractivity contribution in [1.29, 1.82) is 0 Å². The fourth-order valence-electron chi connectivity index (χ4n) is 5.14. The fourth-order valence-corrected chi connectivity index (χ4v) is 5.31. The Balaban J connectivity index is 1.40. The average molecular weight is 632 g/mol. The summed E-state index contributed by atoms with van der Waals surface area (Å²) in [5.41, 5.74) is 0.182. The van der Waals surface area contributed by atoms with Gasteiger partial charge in [-0.25, -0.2) is 19.2 Å². The molecular formula is C31H39ClFN5O6. The first-order valence-corrected chi connectivity index (χ1v) is 14.9. The van der Waals surface area contributed by atoms with Crippen LogP contribution in [0.25, 0.3) is 10.9 Å². The summed E-state index contributed by atoms with van der Waals surface area (Å²) in [6.07, 6.45) is 3.57.